The van der Waals surface area contributed by atoms with E-state index in [1.807, 2.05) is 30.3 Å². The van der Waals surface area contributed by atoms with Gasteiger partial charge < -0.3 is 4.90 Å². The Balaban J connectivity index is 1.79. The summed E-state index contributed by atoms with van der Waals surface area (Å²) in [6, 6.07) is 13.5. The molecular formula is C20H21N5O. The fourth-order valence-electron chi connectivity index (χ4n) is 3.37. The molecule has 6 nitrogen and oxygen atoms in total. The second-order valence-electron chi connectivity index (χ2n) is 6.65. The van der Waals surface area contributed by atoms with E-state index in [9.17, 15) is 4.79 Å². The Kier molecular flexibility index (Phi) is 4.24. The van der Waals surface area contributed by atoms with Gasteiger partial charge >= 0.3 is 0 Å². The van der Waals surface area contributed by atoms with Crippen molar-refractivity contribution in [3.8, 4) is 22.8 Å². The standard InChI is InChI=1S/C20H21N5O/c1-14-7-6-12-25(14)20-23-17(13-18(26)24(20)2)16-10-11-21-19(22-16)15-8-4-3-5-9-15/h3-5,8-11,13-14H,6-7,12H2,1-2H3. The summed E-state index contributed by atoms with van der Waals surface area (Å²) < 4.78 is 1.62. The van der Waals surface area contributed by atoms with Crippen molar-refractivity contribution < 1.29 is 0 Å². The van der Waals surface area contributed by atoms with E-state index in [-0.39, 0.29) is 5.56 Å². The first-order valence-corrected chi connectivity index (χ1v) is 8.87. The van der Waals surface area contributed by atoms with Crippen LogP contribution in [0.3, 0.4) is 0 Å². The van der Waals surface area contributed by atoms with Gasteiger partial charge in [0.05, 0.1) is 11.4 Å². The average molecular weight is 347 g/mol. The van der Waals surface area contributed by atoms with Crippen LogP contribution in [0.4, 0.5) is 5.95 Å². The second-order valence-corrected chi connectivity index (χ2v) is 6.65. The highest BCUT2D eigenvalue weighted by molar-refractivity contribution is 5.61. The lowest BCUT2D eigenvalue weighted by Gasteiger charge is -2.24. The SMILES string of the molecule is CC1CCCN1c1nc(-c2ccnc(-c3ccccc3)n2)cc(=O)n1C. The van der Waals surface area contributed by atoms with Crippen molar-refractivity contribution in [2.24, 2.45) is 7.05 Å². The van der Waals surface area contributed by atoms with Crippen LogP contribution in [0.2, 0.25) is 0 Å². The summed E-state index contributed by atoms with van der Waals surface area (Å²) >= 11 is 0. The van der Waals surface area contributed by atoms with Gasteiger partial charge in [-0.15, -0.1) is 0 Å². The van der Waals surface area contributed by atoms with E-state index >= 15 is 0 Å². The molecular weight excluding hydrogens is 326 g/mol. The molecule has 26 heavy (non-hydrogen) atoms. The van der Waals surface area contributed by atoms with Crippen molar-refractivity contribution in [2.45, 2.75) is 25.8 Å². The largest absolute Gasteiger partial charge is 0.339 e. The molecule has 3 aromatic rings. The Morgan fingerprint density at radius 2 is 1.88 bits per heavy atom. The first kappa shape index (κ1) is 16.4. The lowest BCUT2D eigenvalue weighted by atomic mass is 10.2. The molecule has 0 N–H and O–H groups in total. The zero-order valence-corrected chi connectivity index (χ0v) is 15.0. The lowest BCUT2D eigenvalue weighted by Crippen LogP contribution is -2.33. The van der Waals surface area contributed by atoms with E-state index in [1.54, 1.807) is 29.9 Å². The van der Waals surface area contributed by atoms with Gasteiger partial charge in [0.25, 0.3) is 5.56 Å². The van der Waals surface area contributed by atoms with Gasteiger partial charge in [-0.3, -0.25) is 9.36 Å². The normalized spacial score (nSPS) is 16.8. The predicted octanol–water partition coefficient (Wildman–Crippen LogP) is 2.89. The number of rotatable bonds is 3. The molecule has 0 spiro atoms. The van der Waals surface area contributed by atoms with Crippen LogP contribution in [0.25, 0.3) is 22.8 Å². The molecule has 0 aliphatic carbocycles. The number of benzene rings is 1. The summed E-state index contributed by atoms with van der Waals surface area (Å²) in [4.78, 5) is 28.5. The highest BCUT2D eigenvalue weighted by Gasteiger charge is 2.24. The summed E-state index contributed by atoms with van der Waals surface area (Å²) in [6.45, 7) is 3.09. The van der Waals surface area contributed by atoms with E-state index in [1.165, 1.54) is 0 Å². The van der Waals surface area contributed by atoms with E-state index < -0.39 is 0 Å². The first-order chi connectivity index (χ1) is 12.6. The number of aromatic nitrogens is 4. The molecule has 1 aromatic carbocycles. The monoisotopic (exact) mass is 347 g/mol. The molecule has 2 aromatic heterocycles. The molecule has 4 rings (SSSR count). The van der Waals surface area contributed by atoms with Crippen LogP contribution >= 0.6 is 0 Å². The molecule has 1 saturated heterocycles. The van der Waals surface area contributed by atoms with Crippen molar-refractivity contribution in [1.29, 1.82) is 0 Å². The number of nitrogens with zero attached hydrogens (tertiary/aromatic N) is 5. The smallest absolute Gasteiger partial charge is 0.255 e. The highest BCUT2D eigenvalue weighted by Crippen LogP contribution is 2.25. The first-order valence-electron chi connectivity index (χ1n) is 8.87. The number of hydrogen-bond acceptors (Lipinski definition) is 5. The van der Waals surface area contributed by atoms with Gasteiger partial charge in [-0.25, -0.2) is 15.0 Å². The lowest BCUT2D eigenvalue weighted by molar-refractivity contribution is 0.682. The molecule has 0 bridgehead atoms. The summed E-state index contributed by atoms with van der Waals surface area (Å²) in [7, 11) is 1.77. The second kappa shape index (κ2) is 6.71. The van der Waals surface area contributed by atoms with Crippen LogP contribution in [0.5, 0.6) is 0 Å². The van der Waals surface area contributed by atoms with E-state index in [4.69, 9.17) is 4.98 Å². The minimum absolute atomic E-state index is 0.0797. The fourth-order valence-corrected chi connectivity index (χ4v) is 3.37. The van der Waals surface area contributed by atoms with E-state index in [0.717, 1.165) is 24.9 Å². The summed E-state index contributed by atoms with van der Waals surface area (Å²) in [5.74, 6) is 1.33. The van der Waals surface area contributed by atoms with Crippen molar-refractivity contribution in [1.82, 2.24) is 19.5 Å². The molecule has 0 saturated carbocycles. The maximum atomic E-state index is 12.5. The van der Waals surface area contributed by atoms with Crippen LogP contribution in [0, 0.1) is 0 Å². The molecule has 0 radical (unpaired) electrons. The van der Waals surface area contributed by atoms with Crippen LogP contribution in [-0.4, -0.2) is 32.1 Å². The molecule has 1 aliphatic heterocycles. The fraction of sp³-hybridized carbons (Fsp3) is 0.300. The molecule has 1 unspecified atom stereocenters. The van der Waals surface area contributed by atoms with Crippen LogP contribution < -0.4 is 10.5 Å². The van der Waals surface area contributed by atoms with Crippen LogP contribution in [0.15, 0.2) is 53.5 Å². The summed E-state index contributed by atoms with van der Waals surface area (Å²) in [6.07, 6.45) is 3.95. The van der Waals surface area contributed by atoms with Gasteiger partial charge in [-0.2, -0.15) is 0 Å². The summed E-state index contributed by atoms with van der Waals surface area (Å²) in [5, 5.41) is 0. The third-order valence-electron chi connectivity index (χ3n) is 4.87. The molecule has 1 aliphatic rings. The van der Waals surface area contributed by atoms with Crippen molar-refractivity contribution in [2.75, 3.05) is 11.4 Å². The average Bonchev–Trinajstić information content (AvgIpc) is 3.10. The van der Waals surface area contributed by atoms with Gasteiger partial charge in [0.2, 0.25) is 5.95 Å². The third kappa shape index (κ3) is 2.98. The number of anilines is 1. The molecule has 3 heterocycles. The number of hydrogen-bond donors (Lipinski definition) is 0. The molecule has 1 fully saturated rings. The third-order valence-corrected chi connectivity index (χ3v) is 4.87. The van der Waals surface area contributed by atoms with E-state index in [0.29, 0.717) is 29.2 Å². The Bertz CT molecular complexity index is 983. The summed E-state index contributed by atoms with van der Waals surface area (Å²) in [5.41, 5.74) is 2.10. The van der Waals surface area contributed by atoms with Gasteiger partial charge in [-0.1, -0.05) is 30.3 Å². The topological polar surface area (TPSA) is 63.9 Å². The zero-order chi connectivity index (χ0) is 18.1. The van der Waals surface area contributed by atoms with Crippen molar-refractivity contribution in [3.63, 3.8) is 0 Å². The molecule has 0 amide bonds. The maximum absolute atomic E-state index is 12.5. The minimum atomic E-state index is -0.0797. The van der Waals surface area contributed by atoms with Crippen LogP contribution in [0.1, 0.15) is 19.8 Å². The molecule has 6 heteroatoms. The Morgan fingerprint density at radius 3 is 2.62 bits per heavy atom. The molecule has 1 atom stereocenters. The van der Waals surface area contributed by atoms with Gasteiger partial charge in [-0.05, 0) is 25.8 Å². The van der Waals surface area contributed by atoms with Crippen molar-refractivity contribution in [3.05, 3.63) is 59.0 Å². The Labute approximate surface area is 152 Å². The highest BCUT2D eigenvalue weighted by atomic mass is 16.1. The Morgan fingerprint density at radius 1 is 1.08 bits per heavy atom. The van der Waals surface area contributed by atoms with Crippen LogP contribution in [-0.2, 0) is 7.05 Å². The van der Waals surface area contributed by atoms with E-state index in [2.05, 4.69) is 21.8 Å². The predicted molar refractivity (Wildman–Crippen MR) is 102 cm³/mol. The molecule has 132 valence electrons. The minimum Gasteiger partial charge on any atom is -0.339 e. The van der Waals surface area contributed by atoms with Gasteiger partial charge in [0.15, 0.2) is 5.82 Å². The Hall–Kier alpha value is -3.02. The van der Waals surface area contributed by atoms with Gasteiger partial charge in [0, 0.05) is 37.5 Å². The quantitative estimate of drug-likeness (QED) is 0.729. The van der Waals surface area contributed by atoms with Gasteiger partial charge in [0.1, 0.15) is 0 Å². The zero-order valence-electron chi connectivity index (χ0n) is 15.0. The van der Waals surface area contributed by atoms with Crippen molar-refractivity contribution >= 4 is 5.95 Å². The maximum Gasteiger partial charge on any atom is 0.255 e.